The number of rotatable bonds is 3. The summed E-state index contributed by atoms with van der Waals surface area (Å²) in [6.45, 7) is 14.7. The van der Waals surface area contributed by atoms with Crippen molar-refractivity contribution in [1.82, 2.24) is 0 Å². The molecular weight excluding hydrogens is 352 g/mol. The summed E-state index contributed by atoms with van der Waals surface area (Å²) in [5, 5.41) is 0. The van der Waals surface area contributed by atoms with Gasteiger partial charge in [-0.15, -0.1) is 0 Å². The van der Waals surface area contributed by atoms with Crippen LogP contribution in [0.3, 0.4) is 0 Å². The van der Waals surface area contributed by atoms with Gasteiger partial charge in [-0.25, -0.2) is 0 Å². The van der Waals surface area contributed by atoms with Crippen molar-refractivity contribution in [2.24, 2.45) is 10.8 Å². The monoisotopic (exact) mass is 386 g/mol. The molecule has 2 rings (SSSR count). The van der Waals surface area contributed by atoms with Gasteiger partial charge < -0.3 is 9.47 Å². The van der Waals surface area contributed by atoms with Gasteiger partial charge in [0.25, 0.3) is 0 Å². The van der Waals surface area contributed by atoms with Crippen LogP contribution in [0.15, 0.2) is 12.1 Å². The molecule has 0 atom stereocenters. The molecule has 0 amide bonds. The quantitative estimate of drug-likeness (QED) is 0.461. The molecule has 1 aliphatic rings. The van der Waals surface area contributed by atoms with Crippen LogP contribution in [0.4, 0.5) is 0 Å². The van der Waals surface area contributed by atoms with E-state index in [1.807, 2.05) is 40.7 Å². The van der Waals surface area contributed by atoms with E-state index in [4.69, 9.17) is 9.47 Å². The molecule has 0 radical (unpaired) electrons. The van der Waals surface area contributed by atoms with E-state index in [1.54, 1.807) is 20.8 Å². The fourth-order valence-electron chi connectivity index (χ4n) is 3.02. The Hall–Kier alpha value is -2.10. The molecule has 1 aliphatic carbocycles. The smallest absolute Gasteiger partial charge is 0.316 e. The molecule has 0 bridgehead atoms. The van der Waals surface area contributed by atoms with Crippen LogP contribution >= 0.6 is 0 Å². The average Bonchev–Trinajstić information content (AvgIpc) is 2.59. The third-order valence-corrected chi connectivity index (χ3v) is 4.92. The molecule has 0 saturated heterocycles. The molecule has 0 heterocycles. The van der Waals surface area contributed by atoms with Crippen LogP contribution < -0.4 is 9.47 Å². The lowest BCUT2D eigenvalue weighted by molar-refractivity contribution is -0.145. The van der Waals surface area contributed by atoms with Crippen molar-refractivity contribution in [3.63, 3.8) is 0 Å². The van der Waals surface area contributed by atoms with Gasteiger partial charge >= 0.3 is 11.9 Å². The maximum atomic E-state index is 12.6. The van der Waals surface area contributed by atoms with E-state index in [-0.39, 0.29) is 11.9 Å². The van der Waals surface area contributed by atoms with Crippen molar-refractivity contribution in [3.05, 3.63) is 28.8 Å². The van der Waals surface area contributed by atoms with Gasteiger partial charge in [0, 0.05) is 5.56 Å². The Morgan fingerprint density at radius 3 is 1.86 bits per heavy atom. The summed E-state index contributed by atoms with van der Waals surface area (Å²) in [5.41, 5.74) is 2.66. The minimum absolute atomic E-state index is 0.343. The first kappa shape index (κ1) is 22.2. The molecular formula is C24H34O4. The molecule has 0 spiro atoms. The Balaban J connectivity index is 2.60. The maximum Gasteiger partial charge on any atom is 0.316 e. The number of ether oxygens (including phenoxy) is 2. The van der Waals surface area contributed by atoms with Crippen LogP contribution in [0.1, 0.15) is 83.9 Å². The predicted molar refractivity (Wildman–Crippen MR) is 113 cm³/mol. The van der Waals surface area contributed by atoms with Crippen molar-refractivity contribution in [2.45, 2.75) is 81.1 Å². The summed E-state index contributed by atoms with van der Waals surface area (Å²) in [7, 11) is 0. The Bertz CT molecular complexity index is 801. The molecule has 4 heteroatoms. The summed E-state index contributed by atoms with van der Waals surface area (Å²) in [5.74, 6) is -0.000274. The van der Waals surface area contributed by atoms with Gasteiger partial charge in [-0.05, 0) is 104 Å². The largest absolute Gasteiger partial charge is 0.422 e. The molecule has 1 aromatic rings. The van der Waals surface area contributed by atoms with Crippen molar-refractivity contribution in [3.8, 4) is 11.5 Å². The van der Waals surface area contributed by atoms with Crippen molar-refractivity contribution in [1.29, 1.82) is 0 Å². The molecule has 0 fully saturated rings. The molecule has 154 valence electrons. The summed E-state index contributed by atoms with van der Waals surface area (Å²) in [6, 6.07) is 2.05. The Kier molecular flexibility index (Phi) is 6.42. The Morgan fingerprint density at radius 2 is 1.39 bits per heavy atom. The zero-order chi connectivity index (χ0) is 21.3. The number of aryl methyl sites for hydroxylation is 1. The van der Waals surface area contributed by atoms with Crippen molar-refractivity contribution in [2.75, 3.05) is 0 Å². The first-order chi connectivity index (χ1) is 12.8. The first-order valence-electron chi connectivity index (χ1n) is 10.1. The standard InChI is InChI=1S/C24H34O4/c1-15-14-18(17-12-10-9-11-13-17)16(2)20(28-22(26)24(6,7)8)19(15)27-21(25)23(3,4)5/h12,14H,9-11,13H2,1-8H3. The number of benzene rings is 1. The average molecular weight is 387 g/mol. The highest BCUT2D eigenvalue weighted by Gasteiger charge is 2.31. The highest BCUT2D eigenvalue weighted by molar-refractivity contribution is 5.84. The molecule has 0 unspecified atom stereocenters. The van der Waals surface area contributed by atoms with Gasteiger partial charge in [0.15, 0.2) is 11.5 Å². The first-order valence-corrected chi connectivity index (χ1v) is 10.1. The summed E-state index contributed by atoms with van der Waals surface area (Å²) in [4.78, 5) is 25.2. The van der Waals surface area contributed by atoms with E-state index in [0.717, 1.165) is 36.0 Å². The number of carbonyl (C=O) groups excluding carboxylic acids is 2. The topological polar surface area (TPSA) is 52.6 Å². The van der Waals surface area contributed by atoms with Gasteiger partial charge in [0.05, 0.1) is 10.8 Å². The summed E-state index contributed by atoms with van der Waals surface area (Å²) in [6.07, 6.45) is 6.69. The van der Waals surface area contributed by atoms with Crippen LogP contribution in [0, 0.1) is 24.7 Å². The van der Waals surface area contributed by atoms with Crippen molar-refractivity contribution >= 4 is 17.5 Å². The Morgan fingerprint density at radius 1 is 0.857 bits per heavy atom. The van der Waals surface area contributed by atoms with E-state index in [2.05, 4.69) is 6.08 Å². The van der Waals surface area contributed by atoms with Crippen LogP contribution in [-0.4, -0.2) is 11.9 Å². The molecule has 0 aliphatic heterocycles. The fraction of sp³-hybridized carbons (Fsp3) is 0.583. The summed E-state index contributed by atoms with van der Waals surface area (Å²) >= 11 is 0. The second-order valence-corrected chi connectivity index (χ2v) is 9.78. The number of carbonyl (C=O) groups is 2. The van der Waals surface area contributed by atoms with Crippen LogP contribution in [0.5, 0.6) is 11.5 Å². The fourth-order valence-corrected chi connectivity index (χ4v) is 3.02. The number of hydrogen-bond donors (Lipinski definition) is 0. The van der Waals surface area contributed by atoms with Gasteiger partial charge in [-0.1, -0.05) is 6.08 Å². The Labute approximate surface area is 169 Å². The van der Waals surface area contributed by atoms with Gasteiger partial charge in [-0.2, -0.15) is 0 Å². The second kappa shape index (κ2) is 8.10. The highest BCUT2D eigenvalue weighted by atomic mass is 16.6. The van der Waals surface area contributed by atoms with E-state index >= 15 is 0 Å². The number of esters is 2. The normalized spacial score (nSPS) is 15.1. The van der Waals surface area contributed by atoms with Crippen LogP contribution in [-0.2, 0) is 9.59 Å². The lowest BCUT2D eigenvalue weighted by Gasteiger charge is -2.25. The number of hydrogen-bond acceptors (Lipinski definition) is 4. The zero-order valence-electron chi connectivity index (χ0n) is 18.6. The minimum Gasteiger partial charge on any atom is -0.422 e. The molecule has 0 aromatic heterocycles. The number of allylic oxidation sites excluding steroid dienone is 2. The zero-order valence-corrected chi connectivity index (χ0v) is 18.6. The SMILES string of the molecule is Cc1cc(C2=CCCCC2)c(C)c(OC(=O)C(C)(C)C)c1OC(=O)C(C)(C)C. The van der Waals surface area contributed by atoms with E-state index in [0.29, 0.717) is 11.5 Å². The maximum absolute atomic E-state index is 12.6. The third kappa shape index (κ3) is 5.03. The highest BCUT2D eigenvalue weighted by Crippen LogP contribution is 2.42. The van der Waals surface area contributed by atoms with E-state index < -0.39 is 10.8 Å². The van der Waals surface area contributed by atoms with Gasteiger partial charge in [-0.3, -0.25) is 9.59 Å². The summed E-state index contributed by atoms with van der Waals surface area (Å²) < 4.78 is 11.6. The van der Waals surface area contributed by atoms with Crippen LogP contribution in [0.2, 0.25) is 0 Å². The van der Waals surface area contributed by atoms with Gasteiger partial charge in [0.1, 0.15) is 0 Å². The molecule has 0 N–H and O–H groups in total. The molecule has 1 aromatic carbocycles. The van der Waals surface area contributed by atoms with Crippen LogP contribution in [0.25, 0.3) is 5.57 Å². The molecule has 28 heavy (non-hydrogen) atoms. The lowest BCUT2D eigenvalue weighted by atomic mass is 9.89. The van der Waals surface area contributed by atoms with Gasteiger partial charge in [0.2, 0.25) is 0 Å². The lowest BCUT2D eigenvalue weighted by Crippen LogP contribution is -2.28. The molecule has 4 nitrogen and oxygen atoms in total. The third-order valence-electron chi connectivity index (χ3n) is 4.92. The minimum atomic E-state index is -0.661. The van der Waals surface area contributed by atoms with E-state index in [9.17, 15) is 9.59 Å². The van der Waals surface area contributed by atoms with E-state index in [1.165, 1.54) is 12.0 Å². The van der Waals surface area contributed by atoms with Crippen molar-refractivity contribution < 1.29 is 19.1 Å². The molecule has 0 saturated carbocycles. The second-order valence-electron chi connectivity index (χ2n) is 9.78. The predicted octanol–water partition coefficient (Wildman–Crippen LogP) is 6.16.